The van der Waals surface area contributed by atoms with Gasteiger partial charge in [-0.25, -0.2) is 4.39 Å². The molecule has 0 aromatic heterocycles. The summed E-state index contributed by atoms with van der Waals surface area (Å²) in [5.41, 5.74) is 11.1. The third-order valence-electron chi connectivity index (χ3n) is 3.05. The highest BCUT2D eigenvalue weighted by atomic mass is 19.1. The minimum absolute atomic E-state index is 0.0377. The van der Waals surface area contributed by atoms with E-state index in [1.54, 1.807) is 6.07 Å². The molecular weight excluding hydrogens is 313 g/mol. The summed E-state index contributed by atoms with van der Waals surface area (Å²) in [6.07, 6.45) is 2.61. The smallest absolute Gasteiger partial charge is 0.248 e. The van der Waals surface area contributed by atoms with E-state index in [0.717, 1.165) is 0 Å². The van der Waals surface area contributed by atoms with Crippen molar-refractivity contribution in [3.05, 3.63) is 71.0 Å². The second kappa shape index (κ2) is 7.19. The van der Waals surface area contributed by atoms with Crippen molar-refractivity contribution < 1.29 is 18.8 Å². The Hall–Kier alpha value is -3.48. The van der Waals surface area contributed by atoms with Crippen LogP contribution in [0.5, 0.6) is 0 Å². The number of hydrogen-bond donors (Lipinski definition) is 3. The number of nitrogens with one attached hydrogen (secondary N) is 1. The molecule has 0 unspecified atom stereocenters. The van der Waals surface area contributed by atoms with E-state index in [2.05, 4.69) is 5.32 Å². The van der Waals surface area contributed by atoms with Crippen LogP contribution in [0.25, 0.3) is 6.08 Å². The van der Waals surface area contributed by atoms with Crippen LogP contribution in [0.1, 0.15) is 26.3 Å². The summed E-state index contributed by atoms with van der Waals surface area (Å²) in [4.78, 5) is 34.4. The Kier molecular flexibility index (Phi) is 5.06. The molecule has 6 nitrogen and oxygen atoms in total. The fourth-order valence-electron chi connectivity index (χ4n) is 1.95. The molecule has 3 amide bonds. The van der Waals surface area contributed by atoms with E-state index in [4.69, 9.17) is 11.5 Å². The van der Waals surface area contributed by atoms with Gasteiger partial charge in [0.25, 0.3) is 0 Å². The minimum atomic E-state index is -0.760. The fourth-order valence-corrected chi connectivity index (χ4v) is 1.95. The van der Waals surface area contributed by atoms with Gasteiger partial charge < -0.3 is 16.8 Å². The Balaban J connectivity index is 2.19. The van der Waals surface area contributed by atoms with Crippen LogP contribution in [-0.2, 0) is 4.79 Å². The predicted molar refractivity (Wildman–Crippen MR) is 87.5 cm³/mol. The zero-order valence-corrected chi connectivity index (χ0v) is 12.5. The van der Waals surface area contributed by atoms with Crippen molar-refractivity contribution in [1.29, 1.82) is 0 Å². The van der Waals surface area contributed by atoms with E-state index in [1.165, 1.54) is 48.6 Å². The summed E-state index contributed by atoms with van der Waals surface area (Å²) >= 11 is 0. The number of benzene rings is 2. The molecule has 7 heteroatoms. The van der Waals surface area contributed by atoms with Crippen LogP contribution in [0.3, 0.4) is 0 Å². The number of anilines is 1. The number of halogens is 1. The number of primary amides is 2. The average molecular weight is 327 g/mol. The summed E-state index contributed by atoms with van der Waals surface area (Å²) in [5.74, 6) is -2.47. The predicted octanol–water partition coefficient (Wildman–Crippen LogP) is 1.68. The average Bonchev–Trinajstić information content (AvgIpc) is 2.52. The lowest BCUT2D eigenvalue weighted by Crippen LogP contribution is -2.17. The van der Waals surface area contributed by atoms with E-state index in [0.29, 0.717) is 5.56 Å². The first-order valence-corrected chi connectivity index (χ1v) is 6.84. The highest BCUT2D eigenvalue weighted by Gasteiger charge is 2.10. The zero-order chi connectivity index (χ0) is 17.7. The first-order valence-electron chi connectivity index (χ1n) is 6.84. The van der Waals surface area contributed by atoms with Gasteiger partial charge in [-0.2, -0.15) is 0 Å². The topological polar surface area (TPSA) is 115 Å². The summed E-state index contributed by atoms with van der Waals surface area (Å²) in [6, 6.07) is 9.59. The highest BCUT2D eigenvalue weighted by molar-refractivity contribution is 6.05. The molecule has 0 atom stereocenters. The van der Waals surface area contributed by atoms with Gasteiger partial charge in [-0.05, 0) is 42.0 Å². The van der Waals surface area contributed by atoms with Crippen molar-refractivity contribution >= 4 is 29.5 Å². The number of hydrogen-bond acceptors (Lipinski definition) is 3. The molecule has 0 saturated carbocycles. The summed E-state index contributed by atoms with van der Waals surface area (Å²) in [7, 11) is 0. The van der Waals surface area contributed by atoms with Crippen LogP contribution < -0.4 is 16.8 Å². The number of rotatable bonds is 5. The first kappa shape index (κ1) is 16.9. The Morgan fingerprint density at radius 3 is 2.12 bits per heavy atom. The van der Waals surface area contributed by atoms with Gasteiger partial charge in [0, 0.05) is 22.9 Å². The van der Waals surface area contributed by atoms with Gasteiger partial charge in [-0.3, -0.25) is 14.4 Å². The highest BCUT2D eigenvalue weighted by Crippen LogP contribution is 2.15. The lowest BCUT2D eigenvalue weighted by Gasteiger charge is -2.06. The number of carbonyl (C=O) groups excluding carboxylic acids is 3. The molecule has 0 fully saturated rings. The van der Waals surface area contributed by atoms with E-state index >= 15 is 0 Å². The van der Waals surface area contributed by atoms with Gasteiger partial charge in [0.05, 0.1) is 0 Å². The van der Waals surface area contributed by atoms with Crippen molar-refractivity contribution in [3.8, 4) is 0 Å². The van der Waals surface area contributed by atoms with E-state index in [-0.39, 0.29) is 16.8 Å². The third-order valence-corrected chi connectivity index (χ3v) is 3.05. The third kappa shape index (κ3) is 4.51. The second-order valence-corrected chi connectivity index (χ2v) is 4.91. The summed E-state index contributed by atoms with van der Waals surface area (Å²) in [5, 5.41) is 2.48. The molecule has 0 heterocycles. The maximum atomic E-state index is 13.1. The monoisotopic (exact) mass is 327 g/mol. The quantitative estimate of drug-likeness (QED) is 0.725. The van der Waals surface area contributed by atoms with E-state index in [1.807, 2.05) is 0 Å². The van der Waals surface area contributed by atoms with Crippen LogP contribution in [0.4, 0.5) is 10.1 Å². The van der Waals surface area contributed by atoms with Gasteiger partial charge in [-0.15, -0.1) is 0 Å². The molecule has 0 aliphatic heterocycles. The molecule has 0 bridgehead atoms. The van der Waals surface area contributed by atoms with Crippen LogP contribution in [0.2, 0.25) is 0 Å². The molecule has 0 spiro atoms. The number of amides is 3. The Morgan fingerprint density at radius 2 is 1.58 bits per heavy atom. The van der Waals surface area contributed by atoms with Crippen molar-refractivity contribution in [2.75, 3.05) is 5.32 Å². The molecule has 2 aromatic carbocycles. The molecule has 0 radical (unpaired) electrons. The Bertz CT molecular complexity index is 814. The minimum Gasteiger partial charge on any atom is -0.366 e. The lowest BCUT2D eigenvalue weighted by atomic mass is 10.1. The van der Waals surface area contributed by atoms with Crippen molar-refractivity contribution in [3.63, 3.8) is 0 Å². The molecule has 0 saturated heterocycles. The molecule has 122 valence electrons. The standard InChI is InChI=1S/C17H14FN3O3/c18-13-3-1-2-10(6-13)4-5-15(22)21-14-8-11(16(19)23)7-12(9-14)17(20)24/h1-9H,(H2,19,23)(H2,20,24)(H,21,22). The zero-order valence-electron chi connectivity index (χ0n) is 12.5. The Labute approximate surface area is 137 Å². The van der Waals surface area contributed by atoms with E-state index < -0.39 is 23.5 Å². The Morgan fingerprint density at radius 1 is 0.958 bits per heavy atom. The van der Waals surface area contributed by atoms with Crippen LogP contribution in [0, 0.1) is 5.82 Å². The lowest BCUT2D eigenvalue weighted by molar-refractivity contribution is -0.111. The SMILES string of the molecule is NC(=O)c1cc(NC(=O)C=Cc2cccc(F)c2)cc(C(N)=O)c1. The summed E-state index contributed by atoms with van der Waals surface area (Å²) in [6.45, 7) is 0. The molecular formula is C17H14FN3O3. The first-order chi connectivity index (χ1) is 11.3. The van der Waals surface area contributed by atoms with E-state index in [9.17, 15) is 18.8 Å². The largest absolute Gasteiger partial charge is 0.366 e. The second-order valence-electron chi connectivity index (χ2n) is 4.91. The van der Waals surface area contributed by atoms with Crippen LogP contribution >= 0.6 is 0 Å². The fraction of sp³-hybridized carbons (Fsp3) is 0. The molecule has 24 heavy (non-hydrogen) atoms. The molecule has 0 aliphatic rings. The summed E-state index contributed by atoms with van der Waals surface area (Å²) < 4.78 is 13.1. The van der Waals surface area contributed by atoms with Gasteiger partial charge in [-0.1, -0.05) is 12.1 Å². The van der Waals surface area contributed by atoms with Gasteiger partial charge in [0.15, 0.2) is 0 Å². The van der Waals surface area contributed by atoms with Gasteiger partial charge >= 0.3 is 0 Å². The maximum Gasteiger partial charge on any atom is 0.248 e. The maximum absolute atomic E-state index is 13.1. The van der Waals surface area contributed by atoms with Gasteiger partial charge in [0.1, 0.15) is 5.82 Å². The number of carbonyl (C=O) groups is 3. The molecule has 5 N–H and O–H groups in total. The molecule has 0 aliphatic carbocycles. The van der Waals surface area contributed by atoms with Crippen LogP contribution in [-0.4, -0.2) is 17.7 Å². The van der Waals surface area contributed by atoms with Crippen molar-refractivity contribution in [2.24, 2.45) is 11.5 Å². The normalized spacial score (nSPS) is 10.5. The van der Waals surface area contributed by atoms with Crippen molar-refractivity contribution in [1.82, 2.24) is 0 Å². The van der Waals surface area contributed by atoms with Gasteiger partial charge in [0.2, 0.25) is 17.7 Å². The van der Waals surface area contributed by atoms with Crippen molar-refractivity contribution in [2.45, 2.75) is 0 Å². The van der Waals surface area contributed by atoms with Crippen LogP contribution in [0.15, 0.2) is 48.5 Å². The number of nitrogens with two attached hydrogens (primary N) is 2. The molecule has 2 aromatic rings. The molecule has 2 rings (SSSR count).